The van der Waals surface area contributed by atoms with Crippen LogP contribution in [0.25, 0.3) is 0 Å². The van der Waals surface area contributed by atoms with Gasteiger partial charge in [0.2, 0.25) is 5.91 Å². The first-order valence-electron chi connectivity index (χ1n) is 5.28. The van der Waals surface area contributed by atoms with E-state index in [0.717, 1.165) is 6.42 Å². The van der Waals surface area contributed by atoms with Crippen LogP contribution in [-0.4, -0.2) is 28.5 Å². The molecule has 86 valence electrons. The fourth-order valence-corrected chi connectivity index (χ4v) is 1.75. The minimum absolute atomic E-state index is 0.0534. The van der Waals surface area contributed by atoms with Gasteiger partial charge in [-0.3, -0.25) is 4.79 Å². The molecule has 4 nitrogen and oxygen atoms in total. The largest absolute Gasteiger partial charge is 0.443 e. The Kier molecular flexibility index (Phi) is 3.07. The highest BCUT2D eigenvalue weighted by atomic mass is 16.6. The van der Waals surface area contributed by atoms with Gasteiger partial charge in [-0.25, -0.2) is 9.69 Å². The van der Waals surface area contributed by atoms with Crippen molar-refractivity contribution in [3.63, 3.8) is 0 Å². The van der Waals surface area contributed by atoms with Crippen LogP contribution in [0.2, 0.25) is 0 Å². The molecule has 0 spiro atoms. The first kappa shape index (κ1) is 12.0. The van der Waals surface area contributed by atoms with Crippen LogP contribution in [-0.2, 0) is 9.53 Å². The van der Waals surface area contributed by atoms with Crippen LogP contribution < -0.4 is 0 Å². The van der Waals surface area contributed by atoms with Crippen LogP contribution in [0.15, 0.2) is 0 Å². The lowest BCUT2D eigenvalue weighted by Gasteiger charge is -2.25. The fourth-order valence-electron chi connectivity index (χ4n) is 1.75. The molecule has 1 aliphatic rings. The Morgan fingerprint density at radius 3 is 2.27 bits per heavy atom. The van der Waals surface area contributed by atoms with Crippen molar-refractivity contribution in [2.24, 2.45) is 5.92 Å². The number of amides is 2. The van der Waals surface area contributed by atoms with Crippen LogP contribution in [0.3, 0.4) is 0 Å². The number of hydrogen-bond acceptors (Lipinski definition) is 3. The lowest BCUT2D eigenvalue weighted by atomic mass is 10.1. The van der Waals surface area contributed by atoms with Gasteiger partial charge in [-0.15, -0.1) is 0 Å². The summed E-state index contributed by atoms with van der Waals surface area (Å²) in [5.41, 5.74) is -0.553. The van der Waals surface area contributed by atoms with E-state index in [9.17, 15) is 9.59 Å². The molecule has 0 aromatic carbocycles. The molecule has 0 aromatic heterocycles. The van der Waals surface area contributed by atoms with E-state index in [0.29, 0.717) is 0 Å². The second-order valence-electron chi connectivity index (χ2n) is 5.17. The van der Waals surface area contributed by atoms with E-state index in [1.165, 1.54) is 4.90 Å². The Labute approximate surface area is 90.6 Å². The summed E-state index contributed by atoms with van der Waals surface area (Å²) in [7, 11) is 0. The number of nitrogens with zero attached hydrogens (tertiary/aromatic N) is 1. The predicted molar refractivity (Wildman–Crippen MR) is 56.3 cm³/mol. The molecule has 0 aliphatic carbocycles. The molecule has 4 heteroatoms. The van der Waals surface area contributed by atoms with E-state index in [-0.39, 0.29) is 17.9 Å². The van der Waals surface area contributed by atoms with Crippen molar-refractivity contribution in [2.75, 3.05) is 0 Å². The molecular formula is C11H19NO3. The van der Waals surface area contributed by atoms with Crippen molar-refractivity contribution in [2.45, 2.75) is 52.7 Å². The molecule has 2 atom stereocenters. The fraction of sp³-hybridized carbons (Fsp3) is 0.818. The van der Waals surface area contributed by atoms with Crippen LogP contribution in [0.1, 0.15) is 41.0 Å². The first-order chi connectivity index (χ1) is 6.72. The monoisotopic (exact) mass is 213 g/mol. The third-order valence-electron chi connectivity index (χ3n) is 2.38. The Balaban J connectivity index is 2.72. The maximum absolute atomic E-state index is 11.7. The van der Waals surface area contributed by atoms with Crippen molar-refractivity contribution in [3.05, 3.63) is 0 Å². The third-order valence-corrected chi connectivity index (χ3v) is 2.38. The summed E-state index contributed by atoms with van der Waals surface area (Å²) in [5.74, 6) is -0.204. The topological polar surface area (TPSA) is 46.6 Å². The van der Waals surface area contributed by atoms with E-state index < -0.39 is 11.7 Å². The lowest BCUT2D eigenvalue weighted by Crippen LogP contribution is -2.41. The van der Waals surface area contributed by atoms with Crippen LogP contribution >= 0.6 is 0 Å². The lowest BCUT2D eigenvalue weighted by molar-refractivity contribution is -0.130. The highest BCUT2D eigenvalue weighted by Crippen LogP contribution is 2.25. The maximum Gasteiger partial charge on any atom is 0.417 e. The second kappa shape index (κ2) is 3.83. The normalized spacial score (nSPS) is 27.0. The highest BCUT2D eigenvalue weighted by molar-refractivity contribution is 5.95. The van der Waals surface area contributed by atoms with Gasteiger partial charge in [0.15, 0.2) is 0 Å². The predicted octanol–water partition coefficient (Wildman–Crippen LogP) is 2.18. The van der Waals surface area contributed by atoms with Crippen molar-refractivity contribution >= 4 is 12.0 Å². The maximum atomic E-state index is 11.7. The molecule has 0 N–H and O–H groups in total. The van der Waals surface area contributed by atoms with Gasteiger partial charge in [0.05, 0.1) is 0 Å². The van der Waals surface area contributed by atoms with Gasteiger partial charge in [-0.2, -0.15) is 0 Å². The average molecular weight is 213 g/mol. The molecule has 0 aromatic rings. The van der Waals surface area contributed by atoms with E-state index in [2.05, 4.69) is 0 Å². The second-order valence-corrected chi connectivity index (χ2v) is 5.17. The van der Waals surface area contributed by atoms with Gasteiger partial charge in [-0.05, 0) is 34.1 Å². The number of ether oxygens (including phenoxy) is 1. The molecule has 1 heterocycles. The zero-order valence-corrected chi connectivity index (χ0v) is 10.0. The third kappa shape index (κ3) is 2.70. The van der Waals surface area contributed by atoms with E-state index in [4.69, 9.17) is 4.74 Å². The van der Waals surface area contributed by atoms with Gasteiger partial charge in [0.25, 0.3) is 0 Å². The molecule has 1 fully saturated rings. The molecule has 0 radical (unpaired) electrons. The molecule has 15 heavy (non-hydrogen) atoms. The summed E-state index contributed by atoms with van der Waals surface area (Å²) in [6, 6.07) is -0.0534. The Hall–Kier alpha value is -1.06. The molecule has 0 bridgehead atoms. The van der Waals surface area contributed by atoms with Crippen LogP contribution in [0.5, 0.6) is 0 Å². The van der Waals surface area contributed by atoms with Gasteiger partial charge in [0.1, 0.15) is 5.60 Å². The zero-order chi connectivity index (χ0) is 11.8. The van der Waals surface area contributed by atoms with Crippen molar-refractivity contribution < 1.29 is 14.3 Å². The van der Waals surface area contributed by atoms with Crippen LogP contribution in [0, 0.1) is 5.92 Å². The smallest absolute Gasteiger partial charge is 0.417 e. The van der Waals surface area contributed by atoms with Crippen LogP contribution in [0.4, 0.5) is 4.79 Å². The summed E-state index contributed by atoms with van der Waals surface area (Å²) in [5, 5.41) is 0. The van der Waals surface area contributed by atoms with Gasteiger partial charge < -0.3 is 4.74 Å². The molecule has 2 amide bonds. The number of imide groups is 1. The minimum Gasteiger partial charge on any atom is -0.443 e. The molecule has 0 saturated carbocycles. The SMILES string of the molecule is C[C@@H]1C[C@@H](C)N(C(=O)OC(C)(C)C)C1=O. The Morgan fingerprint density at radius 2 is 1.93 bits per heavy atom. The average Bonchev–Trinajstić information content (AvgIpc) is 2.22. The summed E-state index contributed by atoms with van der Waals surface area (Å²) < 4.78 is 5.18. The van der Waals surface area contributed by atoms with E-state index in [1.54, 1.807) is 20.8 Å². The van der Waals surface area contributed by atoms with E-state index in [1.807, 2.05) is 13.8 Å². The number of likely N-dealkylation sites (tertiary alicyclic amines) is 1. The number of rotatable bonds is 0. The molecule has 0 unspecified atom stereocenters. The summed E-state index contributed by atoms with van der Waals surface area (Å²) in [6.45, 7) is 9.08. The standard InChI is InChI=1S/C11H19NO3/c1-7-6-8(2)12(9(7)13)10(14)15-11(3,4)5/h7-8H,6H2,1-5H3/t7-,8-/m1/s1. The van der Waals surface area contributed by atoms with E-state index >= 15 is 0 Å². The number of hydrogen-bond donors (Lipinski definition) is 0. The summed E-state index contributed by atoms with van der Waals surface area (Å²) in [6.07, 6.45) is 0.197. The highest BCUT2D eigenvalue weighted by Gasteiger charge is 2.40. The first-order valence-corrected chi connectivity index (χ1v) is 5.28. The molecule has 1 rings (SSSR count). The number of carbonyl (C=O) groups is 2. The number of carbonyl (C=O) groups excluding carboxylic acids is 2. The summed E-state index contributed by atoms with van der Waals surface area (Å²) >= 11 is 0. The Bertz CT molecular complexity index is 280. The van der Waals surface area contributed by atoms with Gasteiger partial charge >= 0.3 is 6.09 Å². The Morgan fingerprint density at radius 1 is 1.40 bits per heavy atom. The summed E-state index contributed by atoms with van der Waals surface area (Å²) in [4.78, 5) is 24.6. The minimum atomic E-state index is -0.553. The van der Waals surface area contributed by atoms with Crippen molar-refractivity contribution in [1.29, 1.82) is 0 Å². The van der Waals surface area contributed by atoms with Gasteiger partial charge in [-0.1, -0.05) is 6.92 Å². The molecular weight excluding hydrogens is 194 g/mol. The molecule has 1 saturated heterocycles. The van der Waals surface area contributed by atoms with Crippen molar-refractivity contribution in [3.8, 4) is 0 Å². The molecule has 1 aliphatic heterocycles. The van der Waals surface area contributed by atoms with Gasteiger partial charge in [0, 0.05) is 12.0 Å². The quantitative estimate of drug-likeness (QED) is 0.619. The van der Waals surface area contributed by atoms with Crippen molar-refractivity contribution in [1.82, 2.24) is 4.90 Å². The zero-order valence-electron chi connectivity index (χ0n) is 10.0.